The monoisotopic (exact) mass is 242 g/mol. The number of rotatable bonds is 4. The number of anilines is 1. The maximum atomic E-state index is 11.8. The first-order valence-corrected chi connectivity index (χ1v) is 6.17. The van der Waals surface area contributed by atoms with Crippen molar-refractivity contribution in [1.29, 1.82) is 0 Å². The van der Waals surface area contributed by atoms with Crippen molar-refractivity contribution in [2.75, 3.05) is 5.73 Å². The highest BCUT2D eigenvalue weighted by Gasteiger charge is 1.99. The molecule has 3 nitrogen and oxygen atoms in total. The lowest BCUT2D eigenvalue weighted by Crippen LogP contribution is -2.21. The molecule has 0 radical (unpaired) electrons. The van der Waals surface area contributed by atoms with Gasteiger partial charge in [0.25, 0.3) is 5.56 Å². The number of nitrogen functional groups attached to an aromatic ring is 1. The summed E-state index contributed by atoms with van der Waals surface area (Å²) in [6.07, 6.45) is 3.72. The Morgan fingerprint density at radius 2 is 2.06 bits per heavy atom. The Kier molecular flexibility index (Phi) is 3.82. The van der Waals surface area contributed by atoms with Gasteiger partial charge in [-0.05, 0) is 43.5 Å². The molecule has 1 heterocycles. The number of benzene rings is 1. The average Bonchev–Trinajstić information content (AvgIpc) is 2.35. The van der Waals surface area contributed by atoms with Gasteiger partial charge < -0.3 is 10.3 Å². The van der Waals surface area contributed by atoms with Gasteiger partial charge in [0.1, 0.15) is 0 Å². The van der Waals surface area contributed by atoms with Gasteiger partial charge in [-0.1, -0.05) is 18.2 Å². The van der Waals surface area contributed by atoms with Gasteiger partial charge >= 0.3 is 0 Å². The molecule has 0 saturated heterocycles. The number of hydrogen-bond donors (Lipinski definition) is 1. The molecule has 2 N–H and O–H groups in total. The Morgan fingerprint density at radius 3 is 2.83 bits per heavy atom. The highest BCUT2D eigenvalue weighted by Crippen LogP contribution is 2.09. The van der Waals surface area contributed by atoms with Crippen molar-refractivity contribution < 1.29 is 0 Å². The summed E-state index contributed by atoms with van der Waals surface area (Å²) in [5, 5.41) is 0. The topological polar surface area (TPSA) is 48.0 Å². The predicted octanol–water partition coefficient (Wildman–Crippen LogP) is 2.37. The number of aryl methyl sites for hydroxylation is 3. The van der Waals surface area contributed by atoms with Crippen LogP contribution in [0.2, 0.25) is 0 Å². The van der Waals surface area contributed by atoms with Gasteiger partial charge in [0.15, 0.2) is 0 Å². The zero-order chi connectivity index (χ0) is 13.0. The number of pyridine rings is 1. The third-order valence-corrected chi connectivity index (χ3v) is 3.03. The van der Waals surface area contributed by atoms with E-state index in [1.807, 2.05) is 43.5 Å². The number of nitrogens with zero attached hydrogens (tertiary/aromatic N) is 1. The minimum atomic E-state index is 0.102. The number of hydrogen-bond acceptors (Lipinski definition) is 2. The average molecular weight is 242 g/mol. The van der Waals surface area contributed by atoms with Crippen LogP contribution in [0.5, 0.6) is 0 Å². The number of aromatic nitrogens is 1. The van der Waals surface area contributed by atoms with E-state index in [1.165, 1.54) is 5.56 Å². The molecule has 0 aliphatic heterocycles. The van der Waals surface area contributed by atoms with Crippen molar-refractivity contribution in [3.8, 4) is 0 Å². The van der Waals surface area contributed by atoms with E-state index in [0.717, 1.165) is 30.6 Å². The summed E-state index contributed by atoms with van der Waals surface area (Å²) in [6.45, 7) is 2.59. The molecule has 0 amide bonds. The largest absolute Gasteiger partial charge is 0.399 e. The summed E-state index contributed by atoms with van der Waals surface area (Å²) in [6, 6.07) is 11.7. The van der Waals surface area contributed by atoms with Crippen LogP contribution >= 0.6 is 0 Å². The molecule has 1 aromatic heterocycles. The molecule has 0 spiro atoms. The first kappa shape index (κ1) is 12.4. The molecule has 0 aliphatic carbocycles. The van der Waals surface area contributed by atoms with E-state index in [4.69, 9.17) is 5.73 Å². The molecular weight excluding hydrogens is 224 g/mol. The quantitative estimate of drug-likeness (QED) is 0.837. The summed E-state index contributed by atoms with van der Waals surface area (Å²) in [7, 11) is 0. The molecule has 94 valence electrons. The minimum absolute atomic E-state index is 0.102. The van der Waals surface area contributed by atoms with Crippen LogP contribution in [0.4, 0.5) is 5.69 Å². The van der Waals surface area contributed by atoms with Crippen LogP contribution < -0.4 is 11.3 Å². The molecule has 0 saturated carbocycles. The lowest BCUT2D eigenvalue weighted by atomic mass is 10.1. The standard InChI is InChI=1S/C15H18N2O/c1-12-5-3-9-17(15(12)18)10-4-7-13-6-2-8-14(16)11-13/h2-3,5-6,8-9,11H,4,7,10,16H2,1H3. The molecule has 0 fully saturated rings. The van der Waals surface area contributed by atoms with Crippen LogP contribution in [-0.4, -0.2) is 4.57 Å². The minimum Gasteiger partial charge on any atom is -0.399 e. The third-order valence-electron chi connectivity index (χ3n) is 3.03. The van der Waals surface area contributed by atoms with Gasteiger partial charge in [-0.3, -0.25) is 4.79 Å². The van der Waals surface area contributed by atoms with E-state index in [9.17, 15) is 4.79 Å². The Balaban J connectivity index is 1.97. The van der Waals surface area contributed by atoms with Gasteiger partial charge in [0.2, 0.25) is 0 Å². The summed E-state index contributed by atoms with van der Waals surface area (Å²) in [4.78, 5) is 11.8. The summed E-state index contributed by atoms with van der Waals surface area (Å²) in [5.74, 6) is 0. The zero-order valence-electron chi connectivity index (χ0n) is 10.6. The van der Waals surface area contributed by atoms with E-state index >= 15 is 0 Å². The molecule has 0 aliphatic rings. The van der Waals surface area contributed by atoms with E-state index in [0.29, 0.717) is 0 Å². The van der Waals surface area contributed by atoms with Gasteiger partial charge in [-0.2, -0.15) is 0 Å². The van der Waals surface area contributed by atoms with Crippen molar-refractivity contribution in [1.82, 2.24) is 4.57 Å². The molecule has 0 unspecified atom stereocenters. The molecule has 2 rings (SSSR count). The normalized spacial score (nSPS) is 10.5. The highest BCUT2D eigenvalue weighted by atomic mass is 16.1. The van der Waals surface area contributed by atoms with Crippen LogP contribution in [0.25, 0.3) is 0 Å². The van der Waals surface area contributed by atoms with Crippen molar-refractivity contribution in [2.24, 2.45) is 0 Å². The summed E-state index contributed by atoms with van der Waals surface area (Å²) in [5.41, 5.74) is 8.64. The van der Waals surface area contributed by atoms with E-state index in [1.54, 1.807) is 4.57 Å². The fraction of sp³-hybridized carbons (Fsp3) is 0.267. The van der Waals surface area contributed by atoms with Crippen LogP contribution in [0, 0.1) is 6.92 Å². The SMILES string of the molecule is Cc1cccn(CCCc2cccc(N)c2)c1=O. The Hall–Kier alpha value is -2.03. The molecule has 2 aromatic rings. The second-order valence-corrected chi connectivity index (χ2v) is 4.54. The van der Waals surface area contributed by atoms with E-state index in [2.05, 4.69) is 6.07 Å². The fourth-order valence-electron chi connectivity index (χ4n) is 2.03. The van der Waals surface area contributed by atoms with Crippen molar-refractivity contribution in [3.05, 3.63) is 64.1 Å². The van der Waals surface area contributed by atoms with Gasteiger partial charge in [-0.15, -0.1) is 0 Å². The third kappa shape index (κ3) is 3.00. The first-order chi connectivity index (χ1) is 8.66. The Morgan fingerprint density at radius 1 is 1.22 bits per heavy atom. The molecule has 1 aromatic carbocycles. The maximum Gasteiger partial charge on any atom is 0.253 e. The summed E-state index contributed by atoms with van der Waals surface area (Å²) >= 11 is 0. The predicted molar refractivity (Wildman–Crippen MR) is 74.6 cm³/mol. The second-order valence-electron chi connectivity index (χ2n) is 4.54. The van der Waals surface area contributed by atoms with Crippen molar-refractivity contribution in [3.63, 3.8) is 0 Å². The number of nitrogens with two attached hydrogens (primary N) is 1. The highest BCUT2D eigenvalue weighted by molar-refractivity contribution is 5.40. The first-order valence-electron chi connectivity index (χ1n) is 6.17. The maximum absolute atomic E-state index is 11.8. The lowest BCUT2D eigenvalue weighted by Gasteiger charge is -2.06. The van der Waals surface area contributed by atoms with Crippen LogP contribution in [0.1, 0.15) is 17.5 Å². The van der Waals surface area contributed by atoms with Crippen molar-refractivity contribution >= 4 is 5.69 Å². The lowest BCUT2D eigenvalue weighted by molar-refractivity contribution is 0.619. The molecule has 0 atom stereocenters. The van der Waals surface area contributed by atoms with Crippen LogP contribution in [0.3, 0.4) is 0 Å². The van der Waals surface area contributed by atoms with E-state index in [-0.39, 0.29) is 5.56 Å². The molecule has 18 heavy (non-hydrogen) atoms. The molecule has 0 bridgehead atoms. The van der Waals surface area contributed by atoms with Crippen LogP contribution in [0.15, 0.2) is 47.4 Å². The van der Waals surface area contributed by atoms with Gasteiger partial charge in [0.05, 0.1) is 0 Å². The summed E-state index contributed by atoms with van der Waals surface area (Å²) < 4.78 is 1.77. The Labute approximate surface area is 107 Å². The van der Waals surface area contributed by atoms with E-state index < -0.39 is 0 Å². The second kappa shape index (κ2) is 5.54. The van der Waals surface area contributed by atoms with Crippen molar-refractivity contribution in [2.45, 2.75) is 26.3 Å². The van der Waals surface area contributed by atoms with Gasteiger partial charge in [-0.25, -0.2) is 0 Å². The zero-order valence-corrected chi connectivity index (χ0v) is 10.6. The van der Waals surface area contributed by atoms with Gasteiger partial charge in [0, 0.05) is 24.0 Å². The molecule has 3 heteroatoms. The fourth-order valence-corrected chi connectivity index (χ4v) is 2.03. The molecular formula is C15H18N2O. The smallest absolute Gasteiger partial charge is 0.253 e. The Bertz CT molecular complexity index is 587. The van der Waals surface area contributed by atoms with Crippen LogP contribution in [-0.2, 0) is 13.0 Å².